The van der Waals surface area contributed by atoms with Crippen LogP contribution < -0.4 is 10.6 Å². The van der Waals surface area contributed by atoms with Gasteiger partial charge in [-0.15, -0.1) is 0 Å². The fourth-order valence-electron chi connectivity index (χ4n) is 1.78. The number of amides is 1. The first-order valence-corrected chi connectivity index (χ1v) is 5.80. The molecule has 92 valence electrons. The Hall–Kier alpha value is -2.36. The van der Waals surface area contributed by atoms with Crippen LogP contribution in [0.1, 0.15) is 17.3 Å². The van der Waals surface area contributed by atoms with Gasteiger partial charge in [-0.3, -0.25) is 9.78 Å². The molecule has 1 heterocycles. The molecule has 0 saturated carbocycles. The molecule has 0 aliphatic heterocycles. The highest BCUT2D eigenvalue weighted by Crippen LogP contribution is 2.19. The number of rotatable bonds is 3. The van der Waals surface area contributed by atoms with E-state index in [9.17, 15) is 4.79 Å². The third-order valence-electron chi connectivity index (χ3n) is 2.65. The van der Waals surface area contributed by atoms with Crippen LogP contribution in [0.5, 0.6) is 0 Å². The second-order valence-electron chi connectivity index (χ2n) is 3.89. The molecule has 0 atom stereocenters. The Labute approximate surface area is 106 Å². The molecule has 18 heavy (non-hydrogen) atoms. The molecule has 0 fully saturated rings. The van der Waals surface area contributed by atoms with Crippen LogP contribution in [0.3, 0.4) is 0 Å². The zero-order chi connectivity index (χ0) is 13.0. The Morgan fingerprint density at radius 1 is 1.33 bits per heavy atom. The lowest BCUT2D eigenvalue weighted by Crippen LogP contribution is -2.30. The Balaban J connectivity index is 2.32. The van der Waals surface area contributed by atoms with E-state index >= 15 is 0 Å². The number of hydrogen-bond donors (Lipinski definition) is 1. The van der Waals surface area contributed by atoms with Gasteiger partial charge in [0.05, 0.1) is 5.56 Å². The van der Waals surface area contributed by atoms with E-state index < -0.39 is 0 Å². The van der Waals surface area contributed by atoms with Crippen molar-refractivity contribution >= 4 is 17.3 Å². The van der Waals surface area contributed by atoms with Gasteiger partial charge in [-0.2, -0.15) is 0 Å². The minimum atomic E-state index is -0.0730. The molecule has 0 saturated heterocycles. The van der Waals surface area contributed by atoms with Crippen LogP contribution in [0.25, 0.3) is 0 Å². The monoisotopic (exact) mass is 241 g/mol. The topological polar surface area (TPSA) is 59.2 Å². The van der Waals surface area contributed by atoms with Crippen molar-refractivity contribution in [2.75, 3.05) is 17.2 Å². The van der Waals surface area contributed by atoms with Crippen LogP contribution in [0, 0.1) is 0 Å². The SMILES string of the molecule is CCN(C(=O)c1cccnc1)c1cccc(N)c1. The molecule has 1 aromatic carbocycles. The summed E-state index contributed by atoms with van der Waals surface area (Å²) in [5.74, 6) is -0.0730. The number of carbonyl (C=O) groups excluding carboxylic acids is 1. The summed E-state index contributed by atoms with van der Waals surface area (Å²) in [6, 6.07) is 10.8. The van der Waals surface area contributed by atoms with Crippen molar-refractivity contribution in [3.05, 3.63) is 54.4 Å². The van der Waals surface area contributed by atoms with Gasteiger partial charge in [-0.25, -0.2) is 0 Å². The van der Waals surface area contributed by atoms with Gasteiger partial charge >= 0.3 is 0 Å². The number of hydrogen-bond acceptors (Lipinski definition) is 3. The van der Waals surface area contributed by atoms with Crippen LogP contribution in [0.15, 0.2) is 48.8 Å². The first-order chi connectivity index (χ1) is 8.72. The Morgan fingerprint density at radius 2 is 2.17 bits per heavy atom. The Kier molecular flexibility index (Phi) is 3.57. The number of benzene rings is 1. The van der Waals surface area contributed by atoms with Crippen molar-refractivity contribution in [2.45, 2.75) is 6.92 Å². The van der Waals surface area contributed by atoms with Crippen LogP contribution in [-0.2, 0) is 0 Å². The minimum Gasteiger partial charge on any atom is -0.399 e. The fraction of sp³-hybridized carbons (Fsp3) is 0.143. The number of anilines is 2. The van der Waals surface area contributed by atoms with Gasteiger partial charge in [-0.1, -0.05) is 6.07 Å². The van der Waals surface area contributed by atoms with Crippen LogP contribution in [0.4, 0.5) is 11.4 Å². The molecule has 0 bridgehead atoms. The van der Waals surface area contributed by atoms with Gasteiger partial charge in [0.1, 0.15) is 0 Å². The highest BCUT2D eigenvalue weighted by atomic mass is 16.2. The quantitative estimate of drug-likeness (QED) is 0.839. The second-order valence-corrected chi connectivity index (χ2v) is 3.89. The summed E-state index contributed by atoms with van der Waals surface area (Å²) in [5, 5.41) is 0. The highest BCUT2D eigenvalue weighted by molar-refractivity contribution is 6.06. The van der Waals surface area contributed by atoms with Crippen molar-refractivity contribution < 1.29 is 4.79 Å². The molecule has 2 rings (SSSR count). The smallest absolute Gasteiger partial charge is 0.259 e. The van der Waals surface area contributed by atoms with Gasteiger partial charge in [0.15, 0.2) is 0 Å². The van der Waals surface area contributed by atoms with Gasteiger partial charge < -0.3 is 10.6 Å². The molecule has 1 aromatic heterocycles. The molecule has 0 aliphatic carbocycles. The number of nitrogen functional groups attached to an aromatic ring is 1. The van der Waals surface area contributed by atoms with Crippen LogP contribution >= 0.6 is 0 Å². The summed E-state index contributed by atoms with van der Waals surface area (Å²) in [7, 11) is 0. The average Bonchev–Trinajstić information content (AvgIpc) is 2.40. The maximum atomic E-state index is 12.3. The van der Waals surface area contributed by atoms with E-state index in [2.05, 4.69) is 4.98 Å². The molecular formula is C14H15N3O. The lowest BCUT2D eigenvalue weighted by Gasteiger charge is -2.21. The number of pyridine rings is 1. The van der Waals surface area contributed by atoms with E-state index in [4.69, 9.17) is 5.73 Å². The minimum absolute atomic E-state index is 0.0730. The third-order valence-corrected chi connectivity index (χ3v) is 2.65. The average molecular weight is 241 g/mol. The van der Waals surface area contributed by atoms with E-state index in [-0.39, 0.29) is 5.91 Å². The molecule has 4 nitrogen and oxygen atoms in total. The van der Waals surface area contributed by atoms with Crippen molar-refractivity contribution in [3.63, 3.8) is 0 Å². The maximum Gasteiger partial charge on any atom is 0.259 e. The molecule has 0 spiro atoms. The number of carbonyl (C=O) groups is 1. The molecule has 1 amide bonds. The summed E-state index contributed by atoms with van der Waals surface area (Å²) >= 11 is 0. The van der Waals surface area contributed by atoms with Crippen molar-refractivity contribution in [2.24, 2.45) is 0 Å². The van der Waals surface area contributed by atoms with E-state index in [0.717, 1.165) is 5.69 Å². The number of aromatic nitrogens is 1. The highest BCUT2D eigenvalue weighted by Gasteiger charge is 2.15. The van der Waals surface area contributed by atoms with Gasteiger partial charge in [-0.05, 0) is 37.3 Å². The molecule has 4 heteroatoms. The summed E-state index contributed by atoms with van der Waals surface area (Å²) in [6.07, 6.45) is 3.21. The second kappa shape index (κ2) is 5.31. The van der Waals surface area contributed by atoms with E-state index in [1.165, 1.54) is 0 Å². The fourth-order valence-corrected chi connectivity index (χ4v) is 1.78. The normalized spacial score (nSPS) is 10.1. The van der Waals surface area contributed by atoms with E-state index in [1.807, 2.05) is 19.1 Å². The van der Waals surface area contributed by atoms with Crippen molar-refractivity contribution in [1.82, 2.24) is 4.98 Å². The lowest BCUT2D eigenvalue weighted by atomic mass is 10.2. The summed E-state index contributed by atoms with van der Waals surface area (Å²) in [5.41, 5.74) is 7.75. The molecule has 0 radical (unpaired) electrons. The van der Waals surface area contributed by atoms with Crippen molar-refractivity contribution in [3.8, 4) is 0 Å². The molecule has 0 unspecified atom stereocenters. The van der Waals surface area contributed by atoms with Gasteiger partial charge in [0, 0.05) is 30.3 Å². The summed E-state index contributed by atoms with van der Waals surface area (Å²) < 4.78 is 0. The standard InChI is InChI=1S/C14H15N3O/c1-2-17(13-7-3-6-12(15)9-13)14(18)11-5-4-8-16-10-11/h3-10H,2,15H2,1H3. The molecule has 2 aromatic rings. The zero-order valence-electron chi connectivity index (χ0n) is 10.2. The summed E-state index contributed by atoms with van der Waals surface area (Å²) in [4.78, 5) is 18.0. The van der Waals surface area contributed by atoms with E-state index in [1.54, 1.807) is 41.6 Å². The maximum absolute atomic E-state index is 12.3. The zero-order valence-corrected chi connectivity index (χ0v) is 10.2. The van der Waals surface area contributed by atoms with Gasteiger partial charge in [0.25, 0.3) is 5.91 Å². The first kappa shape index (κ1) is 12.1. The first-order valence-electron chi connectivity index (χ1n) is 5.80. The predicted octanol–water partition coefficient (Wildman–Crippen LogP) is 2.33. The Morgan fingerprint density at radius 3 is 2.78 bits per heavy atom. The lowest BCUT2D eigenvalue weighted by molar-refractivity contribution is 0.0988. The molecule has 2 N–H and O–H groups in total. The van der Waals surface area contributed by atoms with E-state index in [0.29, 0.717) is 17.8 Å². The number of nitrogens with zero attached hydrogens (tertiary/aromatic N) is 2. The van der Waals surface area contributed by atoms with Crippen molar-refractivity contribution in [1.29, 1.82) is 0 Å². The molecule has 0 aliphatic rings. The molecular weight excluding hydrogens is 226 g/mol. The van der Waals surface area contributed by atoms with Crippen LogP contribution in [0.2, 0.25) is 0 Å². The number of nitrogens with two attached hydrogens (primary N) is 1. The Bertz CT molecular complexity index is 540. The van der Waals surface area contributed by atoms with Gasteiger partial charge in [0.2, 0.25) is 0 Å². The summed E-state index contributed by atoms with van der Waals surface area (Å²) in [6.45, 7) is 2.51. The predicted molar refractivity (Wildman–Crippen MR) is 72.4 cm³/mol. The third kappa shape index (κ3) is 2.48. The van der Waals surface area contributed by atoms with Crippen LogP contribution in [-0.4, -0.2) is 17.4 Å². The largest absolute Gasteiger partial charge is 0.399 e.